The van der Waals surface area contributed by atoms with Gasteiger partial charge in [0.05, 0.1) is 17.0 Å². The van der Waals surface area contributed by atoms with Crippen LogP contribution in [-0.4, -0.2) is 20.3 Å². The van der Waals surface area contributed by atoms with Crippen molar-refractivity contribution in [2.24, 2.45) is 0 Å². The van der Waals surface area contributed by atoms with Crippen LogP contribution < -0.4 is 5.32 Å². The molecule has 0 bridgehead atoms. The number of amides is 1. The average molecular weight is 441 g/mol. The van der Waals surface area contributed by atoms with Gasteiger partial charge in [-0.25, -0.2) is 9.97 Å². The van der Waals surface area contributed by atoms with E-state index in [2.05, 4.69) is 38.1 Å². The number of carbonyl (C=O) groups excluding carboxylic acids is 1. The second-order valence-corrected chi connectivity index (χ2v) is 7.92. The molecule has 3 aromatic heterocycles. The Bertz CT molecular complexity index is 1130. The third kappa shape index (κ3) is 3.52. The zero-order valence-corrected chi connectivity index (χ0v) is 17.3. The maximum absolute atomic E-state index is 12.7. The van der Waals surface area contributed by atoms with Crippen LogP contribution in [-0.2, 0) is 6.42 Å². The topological polar surface area (TPSA) is 59.3 Å². The van der Waals surface area contributed by atoms with E-state index in [9.17, 15) is 4.79 Å². The molecular formula is C20H17BrN4OS. The summed E-state index contributed by atoms with van der Waals surface area (Å²) >= 11 is 4.84. The number of benzene rings is 1. The maximum atomic E-state index is 12.7. The van der Waals surface area contributed by atoms with Gasteiger partial charge in [0, 0.05) is 27.3 Å². The number of hydrogen-bond donors (Lipinski definition) is 1. The number of anilines is 1. The molecule has 27 heavy (non-hydrogen) atoms. The monoisotopic (exact) mass is 440 g/mol. The van der Waals surface area contributed by atoms with Crippen molar-refractivity contribution in [3.05, 3.63) is 69.4 Å². The largest absolute Gasteiger partial charge is 0.303 e. The Morgan fingerprint density at radius 3 is 2.70 bits per heavy atom. The van der Waals surface area contributed by atoms with Gasteiger partial charge in [0.15, 0.2) is 5.13 Å². The third-order valence-electron chi connectivity index (χ3n) is 4.42. The van der Waals surface area contributed by atoms with Crippen LogP contribution in [0.1, 0.15) is 28.7 Å². The number of nitrogens with zero attached hydrogens (tertiary/aromatic N) is 3. The SMILES string of the molecule is CCc1nc2ccc(C(=O)Nc3nc(-c4ccc(Br)cc4)cs3)cn2c1C. The number of aryl methyl sites for hydroxylation is 2. The second-order valence-electron chi connectivity index (χ2n) is 6.14. The summed E-state index contributed by atoms with van der Waals surface area (Å²) in [6.45, 7) is 4.10. The van der Waals surface area contributed by atoms with E-state index in [0.717, 1.165) is 39.2 Å². The van der Waals surface area contributed by atoms with Crippen LogP contribution in [0.25, 0.3) is 16.9 Å². The van der Waals surface area contributed by atoms with Gasteiger partial charge in [-0.05, 0) is 37.6 Å². The molecule has 1 aromatic carbocycles. The molecule has 0 spiro atoms. The number of imidazole rings is 1. The molecule has 4 rings (SSSR count). The Kier molecular flexibility index (Phi) is 4.80. The van der Waals surface area contributed by atoms with E-state index in [-0.39, 0.29) is 5.91 Å². The molecule has 136 valence electrons. The number of hydrogen-bond acceptors (Lipinski definition) is 4. The molecule has 0 fully saturated rings. The fraction of sp³-hybridized carbons (Fsp3) is 0.150. The molecule has 5 nitrogen and oxygen atoms in total. The molecule has 7 heteroatoms. The minimum absolute atomic E-state index is 0.181. The normalized spacial score (nSPS) is 11.1. The van der Waals surface area contributed by atoms with Gasteiger partial charge >= 0.3 is 0 Å². The predicted octanol–water partition coefficient (Wildman–Crippen LogP) is 5.34. The highest BCUT2D eigenvalue weighted by Crippen LogP contribution is 2.26. The van der Waals surface area contributed by atoms with E-state index >= 15 is 0 Å². The minimum Gasteiger partial charge on any atom is -0.303 e. The predicted molar refractivity (Wildman–Crippen MR) is 113 cm³/mol. The highest BCUT2D eigenvalue weighted by Gasteiger charge is 2.13. The third-order valence-corrected chi connectivity index (χ3v) is 5.70. The molecule has 0 atom stereocenters. The lowest BCUT2D eigenvalue weighted by atomic mass is 10.2. The molecule has 4 aromatic rings. The van der Waals surface area contributed by atoms with Gasteiger partial charge < -0.3 is 4.40 Å². The molecule has 1 amide bonds. The van der Waals surface area contributed by atoms with Crippen LogP contribution >= 0.6 is 27.3 Å². The van der Waals surface area contributed by atoms with E-state index in [1.165, 1.54) is 11.3 Å². The van der Waals surface area contributed by atoms with Gasteiger partial charge in [0.2, 0.25) is 0 Å². The van der Waals surface area contributed by atoms with Crippen molar-refractivity contribution in [3.8, 4) is 11.3 Å². The molecule has 0 aliphatic rings. The Morgan fingerprint density at radius 2 is 1.96 bits per heavy atom. The van der Waals surface area contributed by atoms with Crippen LogP contribution in [0.2, 0.25) is 0 Å². The Morgan fingerprint density at radius 1 is 1.19 bits per heavy atom. The second kappa shape index (κ2) is 7.25. The molecule has 1 N–H and O–H groups in total. The van der Waals surface area contributed by atoms with Gasteiger partial charge in [0.25, 0.3) is 5.91 Å². The number of rotatable bonds is 4. The van der Waals surface area contributed by atoms with Crippen LogP contribution in [0.15, 0.2) is 52.4 Å². The molecular weight excluding hydrogens is 424 g/mol. The first kappa shape index (κ1) is 17.9. The van der Waals surface area contributed by atoms with Crippen LogP contribution in [0, 0.1) is 6.92 Å². The number of carbonyl (C=O) groups is 1. The van der Waals surface area contributed by atoms with E-state index in [1.54, 1.807) is 6.07 Å². The smallest absolute Gasteiger partial charge is 0.258 e. The summed E-state index contributed by atoms with van der Waals surface area (Å²) in [5.41, 5.74) is 5.40. The fourth-order valence-corrected chi connectivity index (χ4v) is 3.91. The summed E-state index contributed by atoms with van der Waals surface area (Å²) in [5.74, 6) is -0.181. The Labute approximate surface area is 169 Å². The van der Waals surface area contributed by atoms with Crippen molar-refractivity contribution in [1.82, 2.24) is 14.4 Å². The first-order chi connectivity index (χ1) is 13.0. The number of aromatic nitrogens is 3. The van der Waals surface area contributed by atoms with Crippen LogP contribution in [0.4, 0.5) is 5.13 Å². The minimum atomic E-state index is -0.181. The molecule has 0 saturated carbocycles. The fourth-order valence-electron chi connectivity index (χ4n) is 2.93. The molecule has 0 radical (unpaired) electrons. The zero-order chi connectivity index (χ0) is 19.0. The zero-order valence-electron chi connectivity index (χ0n) is 14.9. The number of thiazole rings is 1. The van der Waals surface area contributed by atoms with Crippen molar-refractivity contribution in [2.75, 3.05) is 5.32 Å². The highest BCUT2D eigenvalue weighted by atomic mass is 79.9. The Balaban J connectivity index is 1.56. The summed E-state index contributed by atoms with van der Waals surface area (Å²) in [7, 11) is 0. The van der Waals surface area contributed by atoms with E-state index in [0.29, 0.717) is 10.7 Å². The van der Waals surface area contributed by atoms with Gasteiger partial charge in [0.1, 0.15) is 5.65 Å². The summed E-state index contributed by atoms with van der Waals surface area (Å²) < 4.78 is 2.98. The van der Waals surface area contributed by atoms with Crippen LogP contribution in [0.3, 0.4) is 0 Å². The summed E-state index contributed by atoms with van der Waals surface area (Å²) in [6.07, 6.45) is 2.70. The van der Waals surface area contributed by atoms with Gasteiger partial charge in [-0.15, -0.1) is 11.3 Å². The lowest BCUT2D eigenvalue weighted by Crippen LogP contribution is -2.12. The standard InChI is InChI=1S/C20H17BrN4OS/c1-3-16-12(2)25-10-14(6-9-18(25)22-16)19(26)24-20-23-17(11-27-20)13-4-7-15(21)8-5-13/h4-11H,3H2,1-2H3,(H,23,24,26). The molecule has 0 aliphatic carbocycles. The lowest BCUT2D eigenvalue weighted by molar-refractivity contribution is 0.102. The van der Waals surface area contributed by atoms with E-state index < -0.39 is 0 Å². The van der Waals surface area contributed by atoms with Gasteiger partial charge in [-0.2, -0.15) is 0 Å². The first-order valence-electron chi connectivity index (χ1n) is 8.55. The van der Waals surface area contributed by atoms with Crippen molar-refractivity contribution in [1.29, 1.82) is 0 Å². The van der Waals surface area contributed by atoms with Crippen molar-refractivity contribution in [3.63, 3.8) is 0 Å². The summed E-state index contributed by atoms with van der Waals surface area (Å²) in [6, 6.07) is 11.6. The number of halogens is 1. The van der Waals surface area contributed by atoms with Crippen molar-refractivity contribution < 1.29 is 4.79 Å². The molecule has 3 heterocycles. The van der Waals surface area contributed by atoms with E-state index in [1.807, 2.05) is 53.2 Å². The molecule has 0 aliphatic heterocycles. The van der Waals surface area contributed by atoms with Crippen molar-refractivity contribution >= 4 is 44.0 Å². The Hall–Kier alpha value is -2.51. The summed E-state index contributed by atoms with van der Waals surface area (Å²) in [4.78, 5) is 21.8. The quantitative estimate of drug-likeness (QED) is 0.465. The lowest BCUT2D eigenvalue weighted by Gasteiger charge is -2.04. The summed E-state index contributed by atoms with van der Waals surface area (Å²) in [5, 5.41) is 5.41. The number of nitrogens with one attached hydrogen (secondary N) is 1. The van der Waals surface area contributed by atoms with Crippen LogP contribution in [0.5, 0.6) is 0 Å². The number of fused-ring (bicyclic) bond motifs is 1. The highest BCUT2D eigenvalue weighted by molar-refractivity contribution is 9.10. The van der Waals surface area contributed by atoms with Gasteiger partial charge in [-0.3, -0.25) is 10.1 Å². The molecule has 0 unspecified atom stereocenters. The average Bonchev–Trinajstić information content (AvgIpc) is 3.26. The van der Waals surface area contributed by atoms with Gasteiger partial charge in [-0.1, -0.05) is 35.0 Å². The molecule has 0 saturated heterocycles. The maximum Gasteiger partial charge on any atom is 0.258 e. The van der Waals surface area contributed by atoms with Crippen molar-refractivity contribution in [2.45, 2.75) is 20.3 Å². The van der Waals surface area contributed by atoms with E-state index in [4.69, 9.17) is 0 Å². The first-order valence-corrected chi connectivity index (χ1v) is 10.2. The number of pyridine rings is 1.